The van der Waals surface area contributed by atoms with Crippen LogP contribution in [0.4, 0.5) is 4.39 Å². The van der Waals surface area contributed by atoms with Gasteiger partial charge in [0, 0.05) is 24.0 Å². The van der Waals surface area contributed by atoms with Gasteiger partial charge in [0.2, 0.25) is 5.91 Å². The lowest BCUT2D eigenvalue weighted by Crippen LogP contribution is -3.13. The fourth-order valence-electron chi connectivity index (χ4n) is 4.26. The second kappa shape index (κ2) is 9.27. The second-order valence-electron chi connectivity index (χ2n) is 7.52. The molecule has 2 aromatic rings. The van der Waals surface area contributed by atoms with Crippen molar-refractivity contribution in [2.45, 2.75) is 45.3 Å². The summed E-state index contributed by atoms with van der Waals surface area (Å²) in [4.78, 5) is 13.3. The van der Waals surface area contributed by atoms with Crippen LogP contribution in [-0.2, 0) is 17.8 Å². The van der Waals surface area contributed by atoms with E-state index in [0.717, 1.165) is 18.5 Å². The molecule has 6 heteroatoms. The molecule has 156 valence electrons. The lowest BCUT2D eigenvalue weighted by atomic mass is 9.87. The summed E-state index contributed by atoms with van der Waals surface area (Å²) in [6.07, 6.45) is 1.28. The van der Waals surface area contributed by atoms with Crippen molar-refractivity contribution >= 4 is 5.91 Å². The number of amides is 1. The molecule has 29 heavy (non-hydrogen) atoms. The largest absolute Gasteiger partial charge is 0.493 e. The maximum Gasteiger partial charge on any atom is 0.220 e. The van der Waals surface area contributed by atoms with Gasteiger partial charge >= 0.3 is 0 Å². The van der Waals surface area contributed by atoms with Crippen molar-refractivity contribution in [2.75, 3.05) is 20.8 Å². The van der Waals surface area contributed by atoms with Crippen LogP contribution in [0.1, 0.15) is 43.0 Å². The summed E-state index contributed by atoms with van der Waals surface area (Å²) in [5, 5.41) is 3.11. The molecule has 0 radical (unpaired) electrons. The Morgan fingerprint density at radius 3 is 2.59 bits per heavy atom. The van der Waals surface area contributed by atoms with Gasteiger partial charge in [-0.25, -0.2) is 4.39 Å². The van der Waals surface area contributed by atoms with E-state index in [-0.39, 0.29) is 23.8 Å². The maximum atomic E-state index is 14.3. The van der Waals surface area contributed by atoms with Crippen molar-refractivity contribution in [3.63, 3.8) is 0 Å². The zero-order valence-corrected chi connectivity index (χ0v) is 17.5. The number of halogens is 1. The Balaban J connectivity index is 2.01. The molecule has 5 nitrogen and oxygen atoms in total. The first-order valence-corrected chi connectivity index (χ1v) is 10.1. The van der Waals surface area contributed by atoms with Crippen LogP contribution in [0.3, 0.4) is 0 Å². The molecule has 3 atom stereocenters. The molecule has 3 rings (SSSR count). The summed E-state index contributed by atoms with van der Waals surface area (Å²) in [6.45, 7) is 5.26. The fourth-order valence-corrected chi connectivity index (χ4v) is 4.26. The van der Waals surface area contributed by atoms with Gasteiger partial charge in [0.05, 0.1) is 26.8 Å². The third-order valence-corrected chi connectivity index (χ3v) is 5.72. The highest BCUT2D eigenvalue weighted by atomic mass is 19.1. The number of carbonyl (C=O) groups is 1. The van der Waals surface area contributed by atoms with E-state index < -0.39 is 0 Å². The molecular formula is C23H30FN2O3+. The zero-order chi connectivity index (χ0) is 21.0. The molecule has 1 aliphatic rings. The van der Waals surface area contributed by atoms with E-state index >= 15 is 0 Å². The number of fused-ring (bicyclic) bond motifs is 1. The van der Waals surface area contributed by atoms with E-state index in [0.29, 0.717) is 30.0 Å². The van der Waals surface area contributed by atoms with Gasteiger partial charge in [0.15, 0.2) is 11.5 Å². The molecule has 0 fully saturated rings. The van der Waals surface area contributed by atoms with E-state index in [2.05, 4.69) is 5.32 Å². The zero-order valence-electron chi connectivity index (χ0n) is 17.5. The highest BCUT2D eigenvalue weighted by Crippen LogP contribution is 2.35. The number of ether oxygens (including phenoxy) is 2. The normalized spacial score (nSPS) is 19.2. The fraction of sp³-hybridized carbons (Fsp3) is 0.435. The lowest BCUT2D eigenvalue weighted by molar-refractivity contribution is -0.948. The Bertz CT molecular complexity index is 871. The predicted molar refractivity (Wildman–Crippen MR) is 110 cm³/mol. The molecular weight excluding hydrogens is 371 g/mol. The summed E-state index contributed by atoms with van der Waals surface area (Å²) in [7, 11) is 3.25. The topological polar surface area (TPSA) is 52.0 Å². The van der Waals surface area contributed by atoms with Crippen LogP contribution in [0.5, 0.6) is 11.5 Å². The maximum absolute atomic E-state index is 14.3. The molecule has 1 aliphatic heterocycles. The van der Waals surface area contributed by atoms with Crippen molar-refractivity contribution in [3.8, 4) is 11.5 Å². The van der Waals surface area contributed by atoms with Crippen LogP contribution in [-0.4, -0.2) is 32.7 Å². The molecule has 2 N–H and O–H groups in total. The summed E-state index contributed by atoms with van der Waals surface area (Å²) in [5.41, 5.74) is 2.98. The minimum Gasteiger partial charge on any atom is -0.493 e. The average molecular weight is 402 g/mol. The number of hydrogen-bond acceptors (Lipinski definition) is 3. The van der Waals surface area contributed by atoms with E-state index in [4.69, 9.17) is 9.47 Å². The van der Waals surface area contributed by atoms with E-state index in [1.807, 2.05) is 38.1 Å². The van der Waals surface area contributed by atoms with Crippen LogP contribution < -0.4 is 19.7 Å². The Labute approximate surface area is 171 Å². The van der Waals surface area contributed by atoms with Gasteiger partial charge in [-0.3, -0.25) is 4.79 Å². The smallest absolute Gasteiger partial charge is 0.220 e. The Kier molecular flexibility index (Phi) is 6.75. The third-order valence-electron chi connectivity index (χ3n) is 5.72. The Morgan fingerprint density at radius 1 is 1.24 bits per heavy atom. The molecule has 0 aliphatic carbocycles. The Morgan fingerprint density at radius 2 is 1.93 bits per heavy atom. The molecule has 0 saturated carbocycles. The van der Waals surface area contributed by atoms with E-state index in [1.165, 1.54) is 16.5 Å². The molecule has 1 heterocycles. The second-order valence-corrected chi connectivity index (χ2v) is 7.52. The summed E-state index contributed by atoms with van der Waals surface area (Å²) in [5.74, 6) is 1.18. The van der Waals surface area contributed by atoms with Gasteiger partial charge in [-0.05, 0) is 30.7 Å². The van der Waals surface area contributed by atoms with Gasteiger partial charge in [-0.2, -0.15) is 0 Å². The van der Waals surface area contributed by atoms with Gasteiger partial charge in [-0.15, -0.1) is 0 Å². The molecule has 1 amide bonds. The molecule has 0 bridgehead atoms. The minimum atomic E-state index is -0.192. The van der Waals surface area contributed by atoms with E-state index in [1.54, 1.807) is 20.3 Å². The predicted octanol–water partition coefficient (Wildman–Crippen LogP) is 2.44. The van der Waals surface area contributed by atoms with Crippen molar-refractivity contribution in [1.82, 2.24) is 5.32 Å². The summed E-state index contributed by atoms with van der Waals surface area (Å²) >= 11 is 0. The number of benzene rings is 2. The number of carbonyl (C=O) groups excluding carboxylic acids is 1. The van der Waals surface area contributed by atoms with Crippen LogP contribution in [0.2, 0.25) is 0 Å². The lowest BCUT2D eigenvalue weighted by Gasteiger charge is -2.38. The molecule has 2 aromatic carbocycles. The standard InChI is InChI=1S/C23H29FN2O3/c1-5-22(27)25-15(2)23-18-13-21(29-4)20(28-3)12-16(18)10-11-26(23)14-17-8-6-7-9-19(17)24/h6-9,12-13,15,23H,5,10-11,14H2,1-4H3,(H,25,27)/p+1/t15-,23+/m1/s1. The first-order chi connectivity index (χ1) is 14.0. The minimum absolute atomic E-state index is 0.00958. The quantitative estimate of drug-likeness (QED) is 0.749. The van der Waals surface area contributed by atoms with E-state index in [9.17, 15) is 9.18 Å². The summed E-state index contributed by atoms with van der Waals surface area (Å²) < 4.78 is 25.3. The van der Waals surface area contributed by atoms with Gasteiger partial charge in [0.25, 0.3) is 0 Å². The van der Waals surface area contributed by atoms with Crippen LogP contribution in [0, 0.1) is 5.82 Å². The highest BCUT2D eigenvalue weighted by Gasteiger charge is 2.37. The number of rotatable bonds is 7. The SMILES string of the molecule is CCC(=O)N[C@H](C)[C@H]1c2cc(OC)c(OC)cc2CC[NH+]1Cc1ccccc1F. The van der Waals surface area contributed by atoms with Crippen LogP contribution in [0.15, 0.2) is 36.4 Å². The molecule has 1 unspecified atom stereocenters. The number of hydrogen-bond donors (Lipinski definition) is 2. The molecule has 0 saturated heterocycles. The number of nitrogens with one attached hydrogen (secondary N) is 2. The Hall–Kier alpha value is -2.60. The highest BCUT2D eigenvalue weighted by molar-refractivity contribution is 5.75. The van der Waals surface area contributed by atoms with Crippen molar-refractivity contribution in [1.29, 1.82) is 0 Å². The average Bonchev–Trinajstić information content (AvgIpc) is 2.73. The number of quaternary nitrogens is 1. The van der Waals surface area contributed by atoms with Crippen LogP contribution in [0.25, 0.3) is 0 Å². The van der Waals surface area contributed by atoms with Crippen molar-refractivity contribution in [3.05, 3.63) is 58.9 Å². The number of methoxy groups -OCH3 is 2. The monoisotopic (exact) mass is 401 g/mol. The van der Waals surface area contributed by atoms with Gasteiger partial charge in [-0.1, -0.05) is 25.1 Å². The van der Waals surface area contributed by atoms with Gasteiger partial charge in [0.1, 0.15) is 18.4 Å². The first kappa shape index (κ1) is 21.1. The third kappa shape index (κ3) is 4.53. The summed E-state index contributed by atoms with van der Waals surface area (Å²) in [6, 6.07) is 10.8. The van der Waals surface area contributed by atoms with Gasteiger partial charge < -0.3 is 19.7 Å². The molecule has 0 spiro atoms. The first-order valence-electron chi connectivity index (χ1n) is 10.1. The van der Waals surface area contributed by atoms with Crippen molar-refractivity contribution < 1.29 is 23.6 Å². The molecule has 0 aromatic heterocycles. The van der Waals surface area contributed by atoms with Crippen LogP contribution >= 0.6 is 0 Å². The van der Waals surface area contributed by atoms with Crippen molar-refractivity contribution in [2.24, 2.45) is 0 Å².